The van der Waals surface area contributed by atoms with Crippen molar-refractivity contribution in [2.24, 2.45) is 0 Å². The molecular formula is C16H15N5O2. The van der Waals surface area contributed by atoms with Crippen LogP contribution in [-0.4, -0.2) is 20.9 Å². The Morgan fingerprint density at radius 1 is 1.09 bits per heavy atom. The van der Waals surface area contributed by atoms with Gasteiger partial charge in [0.15, 0.2) is 0 Å². The molecule has 23 heavy (non-hydrogen) atoms. The zero-order valence-electron chi connectivity index (χ0n) is 12.3. The van der Waals surface area contributed by atoms with Gasteiger partial charge in [0, 0.05) is 31.3 Å². The van der Waals surface area contributed by atoms with Crippen LogP contribution in [0.25, 0.3) is 0 Å². The lowest BCUT2D eigenvalue weighted by atomic mass is 10.3. The third-order valence-electron chi connectivity index (χ3n) is 3.12. The molecule has 0 fully saturated rings. The van der Waals surface area contributed by atoms with Crippen LogP contribution in [0.4, 0.5) is 5.95 Å². The number of carbonyl (C=O) groups excluding carboxylic acids is 1. The summed E-state index contributed by atoms with van der Waals surface area (Å²) in [5, 5.41) is 5.82. The number of carbonyl (C=O) groups is 1. The van der Waals surface area contributed by atoms with E-state index in [1.54, 1.807) is 30.8 Å². The molecule has 3 heterocycles. The van der Waals surface area contributed by atoms with Crippen molar-refractivity contribution >= 4 is 11.9 Å². The van der Waals surface area contributed by atoms with Crippen molar-refractivity contribution < 1.29 is 9.21 Å². The van der Waals surface area contributed by atoms with Gasteiger partial charge in [-0.15, -0.1) is 0 Å². The standard InChI is InChI=1S/C16H15N5O2/c22-15(18-11-14-2-1-7-23-14)13-9-20-16(21-10-13)19-8-12-3-5-17-6-4-12/h1-7,9-10H,8,11H2,(H,18,22)(H,19,20,21). The summed E-state index contributed by atoms with van der Waals surface area (Å²) < 4.78 is 5.15. The van der Waals surface area contributed by atoms with Gasteiger partial charge in [0.1, 0.15) is 5.76 Å². The summed E-state index contributed by atoms with van der Waals surface area (Å²) >= 11 is 0. The van der Waals surface area contributed by atoms with Gasteiger partial charge in [0.2, 0.25) is 5.95 Å². The van der Waals surface area contributed by atoms with Crippen molar-refractivity contribution in [3.8, 4) is 0 Å². The Bertz CT molecular complexity index is 742. The van der Waals surface area contributed by atoms with Crippen LogP contribution in [0.15, 0.2) is 59.7 Å². The second-order valence-corrected chi connectivity index (χ2v) is 4.77. The van der Waals surface area contributed by atoms with Gasteiger partial charge in [-0.2, -0.15) is 0 Å². The lowest BCUT2D eigenvalue weighted by Gasteiger charge is -2.06. The molecule has 0 radical (unpaired) electrons. The molecule has 7 nitrogen and oxygen atoms in total. The zero-order valence-corrected chi connectivity index (χ0v) is 12.3. The predicted molar refractivity (Wildman–Crippen MR) is 83.5 cm³/mol. The number of rotatable bonds is 6. The molecule has 0 aliphatic heterocycles. The van der Waals surface area contributed by atoms with Gasteiger partial charge in [0.25, 0.3) is 5.91 Å². The molecule has 0 aliphatic rings. The van der Waals surface area contributed by atoms with E-state index in [1.165, 1.54) is 12.4 Å². The first-order valence-corrected chi connectivity index (χ1v) is 7.06. The van der Waals surface area contributed by atoms with Crippen LogP contribution in [0, 0.1) is 0 Å². The minimum absolute atomic E-state index is 0.248. The molecule has 1 amide bonds. The largest absolute Gasteiger partial charge is 0.467 e. The zero-order chi connectivity index (χ0) is 15.9. The number of hydrogen-bond donors (Lipinski definition) is 2. The molecular weight excluding hydrogens is 294 g/mol. The number of anilines is 1. The van der Waals surface area contributed by atoms with Gasteiger partial charge in [-0.3, -0.25) is 9.78 Å². The van der Waals surface area contributed by atoms with Crippen molar-refractivity contribution in [1.82, 2.24) is 20.3 Å². The van der Waals surface area contributed by atoms with Crippen molar-refractivity contribution in [1.29, 1.82) is 0 Å². The summed E-state index contributed by atoms with van der Waals surface area (Å²) in [4.78, 5) is 24.2. The highest BCUT2D eigenvalue weighted by atomic mass is 16.3. The highest BCUT2D eigenvalue weighted by molar-refractivity contribution is 5.93. The Kier molecular flexibility index (Phi) is 4.58. The number of nitrogens with zero attached hydrogens (tertiary/aromatic N) is 3. The topological polar surface area (TPSA) is 92.9 Å². The van der Waals surface area contributed by atoms with Crippen molar-refractivity contribution in [3.05, 3.63) is 72.2 Å². The fraction of sp³-hybridized carbons (Fsp3) is 0.125. The SMILES string of the molecule is O=C(NCc1ccco1)c1cnc(NCc2ccncc2)nc1. The Labute approximate surface area is 132 Å². The van der Waals surface area contributed by atoms with E-state index in [9.17, 15) is 4.79 Å². The molecule has 3 rings (SSSR count). The van der Waals surface area contributed by atoms with E-state index in [-0.39, 0.29) is 5.91 Å². The molecule has 2 N–H and O–H groups in total. The normalized spacial score (nSPS) is 10.3. The highest BCUT2D eigenvalue weighted by Gasteiger charge is 2.07. The Morgan fingerprint density at radius 2 is 1.87 bits per heavy atom. The maximum absolute atomic E-state index is 12.0. The molecule has 7 heteroatoms. The van der Waals surface area contributed by atoms with E-state index in [2.05, 4.69) is 25.6 Å². The van der Waals surface area contributed by atoms with E-state index in [4.69, 9.17) is 4.42 Å². The lowest BCUT2D eigenvalue weighted by Crippen LogP contribution is -2.23. The third kappa shape index (κ3) is 4.13. The van der Waals surface area contributed by atoms with Gasteiger partial charge in [-0.25, -0.2) is 9.97 Å². The average Bonchev–Trinajstić information content (AvgIpc) is 3.13. The Hall–Kier alpha value is -3.22. The first-order valence-electron chi connectivity index (χ1n) is 7.06. The van der Waals surface area contributed by atoms with E-state index in [0.717, 1.165) is 5.56 Å². The van der Waals surface area contributed by atoms with Crippen LogP contribution < -0.4 is 10.6 Å². The predicted octanol–water partition coefficient (Wildman–Crippen LogP) is 2.01. The summed E-state index contributed by atoms with van der Waals surface area (Å²) in [6.07, 6.45) is 7.99. The van der Waals surface area contributed by atoms with E-state index >= 15 is 0 Å². The molecule has 0 saturated carbocycles. The number of nitrogens with one attached hydrogen (secondary N) is 2. The molecule has 0 aliphatic carbocycles. The van der Waals surface area contributed by atoms with Crippen LogP contribution in [0.2, 0.25) is 0 Å². The summed E-state index contributed by atoms with van der Waals surface area (Å²) in [6, 6.07) is 7.38. The molecule has 0 unspecified atom stereocenters. The minimum atomic E-state index is -0.248. The van der Waals surface area contributed by atoms with E-state index in [0.29, 0.717) is 30.4 Å². The highest BCUT2D eigenvalue weighted by Crippen LogP contribution is 2.05. The summed E-state index contributed by atoms with van der Waals surface area (Å²) in [5.74, 6) is 0.904. The number of aromatic nitrogens is 3. The van der Waals surface area contributed by atoms with Gasteiger partial charge in [-0.05, 0) is 29.8 Å². The molecule has 0 saturated heterocycles. The van der Waals surface area contributed by atoms with Crippen molar-refractivity contribution in [2.75, 3.05) is 5.32 Å². The summed E-state index contributed by atoms with van der Waals surface area (Å²) in [7, 11) is 0. The maximum atomic E-state index is 12.0. The van der Waals surface area contributed by atoms with Crippen molar-refractivity contribution in [3.63, 3.8) is 0 Å². The van der Waals surface area contributed by atoms with E-state index in [1.807, 2.05) is 12.1 Å². The molecule has 116 valence electrons. The van der Waals surface area contributed by atoms with Gasteiger partial charge in [0.05, 0.1) is 18.4 Å². The van der Waals surface area contributed by atoms with Gasteiger partial charge in [-0.1, -0.05) is 0 Å². The molecule has 0 aromatic carbocycles. The summed E-state index contributed by atoms with van der Waals surface area (Å²) in [6.45, 7) is 0.917. The van der Waals surface area contributed by atoms with Crippen LogP contribution in [-0.2, 0) is 13.1 Å². The molecule has 0 spiro atoms. The Morgan fingerprint density at radius 3 is 2.57 bits per heavy atom. The van der Waals surface area contributed by atoms with E-state index < -0.39 is 0 Å². The Balaban J connectivity index is 1.53. The number of amides is 1. The second-order valence-electron chi connectivity index (χ2n) is 4.77. The van der Waals surface area contributed by atoms with Crippen LogP contribution in [0.3, 0.4) is 0 Å². The van der Waals surface area contributed by atoms with Gasteiger partial charge >= 0.3 is 0 Å². The maximum Gasteiger partial charge on any atom is 0.254 e. The van der Waals surface area contributed by atoms with Crippen LogP contribution in [0.5, 0.6) is 0 Å². The number of furan rings is 1. The van der Waals surface area contributed by atoms with Crippen LogP contribution >= 0.6 is 0 Å². The van der Waals surface area contributed by atoms with Crippen molar-refractivity contribution in [2.45, 2.75) is 13.1 Å². The first kappa shape index (κ1) is 14.7. The van der Waals surface area contributed by atoms with Gasteiger partial charge < -0.3 is 15.1 Å². The molecule has 3 aromatic heterocycles. The lowest BCUT2D eigenvalue weighted by molar-refractivity contribution is 0.0947. The molecule has 3 aromatic rings. The summed E-state index contributed by atoms with van der Waals surface area (Å²) in [5.41, 5.74) is 1.47. The quantitative estimate of drug-likeness (QED) is 0.723. The molecule has 0 bridgehead atoms. The fourth-order valence-corrected chi connectivity index (χ4v) is 1.90. The fourth-order valence-electron chi connectivity index (χ4n) is 1.90. The number of hydrogen-bond acceptors (Lipinski definition) is 6. The molecule has 0 atom stereocenters. The average molecular weight is 309 g/mol. The van der Waals surface area contributed by atoms with Crippen LogP contribution in [0.1, 0.15) is 21.7 Å². The second kappa shape index (κ2) is 7.17. The minimum Gasteiger partial charge on any atom is -0.467 e. The monoisotopic (exact) mass is 309 g/mol. The third-order valence-corrected chi connectivity index (χ3v) is 3.12. The first-order chi connectivity index (χ1) is 11.3. The smallest absolute Gasteiger partial charge is 0.254 e. The number of pyridine rings is 1.